The molecule has 0 fully saturated rings. The average Bonchev–Trinajstić information content (AvgIpc) is 2.37. The minimum absolute atomic E-state index is 0.112. The Balaban J connectivity index is 2.66. The Kier molecular flexibility index (Phi) is 6.64. The summed E-state index contributed by atoms with van der Waals surface area (Å²) >= 11 is 6.05. The van der Waals surface area contributed by atoms with E-state index in [0.29, 0.717) is 23.0 Å². The van der Waals surface area contributed by atoms with Crippen LogP contribution in [0.5, 0.6) is 0 Å². The van der Waals surface area contributed by atoms with Crippen LogP contribution in [-0.4, -0.2) is 33.7 Å². The number of benzene rings is 1. The molecule has 0 aliphatic rings. The second-order valence-electron chi connectivity index (χ2n) is 5.29. The lowest BCUT2D eigenvalue weighted by molar-refractivity contribution is -0.120. The van der Waals surface area contributed by atoms with Crippen LogP contribution in [0.1, 0.15) is 19.4 Å². The molecule has 0 saturated heterocycles. The molecule has 0 saturated carbocycles. The molecule has 0 atom stereocenters. The van der Waals surface area contributed by atoms with Gasteiger partial charge in [0.25, 0.3) is 0 Å². The van der Waals surface area contributed by atoms with Gasteiger partial charge in [-0.3, -0.25) is 4.79 Å². The smallest absolute Gasteiger partial charge is 0.233 e. The number of amides is 1. The highest BCUT2D eigenvalue weighted by molar-refractivity contribution is 7.90. The molecule has 1 aromatic rings. The summed E-state index contributed by atoms with van der Waals surface area (Å²) in [5.74, 6) is 0.256. The van der Waals surface area contributed by atoms with Crippen molar-refractivity contribution in [3.05, 3.63) is 28.8 Å². The number of carbonyl (C=O) groups is 1. The van der Waals surface area contributed by atoms with Crippen LogP contribution in [0.3, 0.4) is 0 Å². The van der Waals surface area contributed by atoms with Gasteiger partial charge in [0.2, 0.25) is 5.91 Å². The van der Waals surface area contributed by atoms with Crippen molar-refractivity contribution in [2.45, 2.75) is 25.3 Å². The van der Waals surface area contributed by atoms with Crippen LogP contribution in [-0.2, 0) is 21.2 Å². The van der Waals surface area contributed by atoms with Crippen LogP contribution in [0.25, 0.3) is 0 Å². The molecule has 118 valence electrons. The molecule has 7 heteroatoms. The van der Waals surface area contributed by atoms with E-state index in [1.165, 1.54) is 6.07 Å². The first-order valence-corrected chi connectivity index (χ1v) is 8.93. The molecule has 0 radical (unpaired) electrons. The quantitative estimate of drug-likeness (QED) is 0.795. The zero-order valence-electron chi connectivity index (χ0n) is 12.4. The summed E-state index contributed by atoms with van der Waals surface area (Å²) in [5, 5.41) is 6.06. The molecular formula is C14H21ClN2O3S. The van der Waals surface area contributed by atoms with Gasteiger partial charge in [-0.15, -0.1) is 0 Å². The topological polar surface area (TPSA) is 75.3 Å². The zero-order valence-corrected chi connectivity index (χ0v) is 14.0. The predicted molar refractivity (Wildman–Crippen MR) is 84.1 cm³/mol. The third-order valence-corrected chi connectivity index (χ3v) is 4.31. The minimum atomic E-state index is -3.35. The summed E-state index contributed by atoms with van der Waals surface area (Å²) in [4.78, 5) is 11.8. The molecule has 0 aliphatic heterocycles. The molecule has 2 N–H and O–H groups in total. The van der Waals surface area contributed by atoms with Gasteiger partial charge in [-0.25, -0.2) is 8.42 Å². The van der Waals surface area contributed by atoms with Crippen LogP contribution in [0.4, 0.5) is 0 Å². The van der Waals surface area contributed by atoms with Gasteiger partial charge in [-0.2, -0.15) is 0 Å². The largest absolute Gasteiger partial charge is 0.355 e. The van der Waals surface area contributed by atoms with E-state index in [1.807, 2.05) is 13.8 Å². The number of hydrogen-bond donors (Lipinski definition) is 2. The first-order valence-electron chi connectivity index (χ1n) is 6.66. The molecule has 1 amide bonds. The highest BCUT2D eigenvalue weighted by Crippen LogP contribution is 2.23. The lowest BCUT2D eigenvalue weighted by atomic mass is 10.2. The van der Waals surface area contributed by atoms with Gasteiger partial charge in [0, 0.05) is 29.9 Å². The number of carbonyl (C=O) groups excluding carboxylic acids is 1. The lowest BCUT2D eigenvalue weighted by Gasteiger charge is -2.12. The maximum atomic E-state index is 11.7. The van der Waals surface area contributed by atoms with Crippen LogP contribution >= 0.6 is 11.6 Å². The normalized spacial score (nSPS) is 11.7. The summed E-state index contributed by atoms with van der Waals surface area (Å²) in [6, 6.07) is 4.74. The van der Waals surface area contributed by atoms with E-state index in [4.69, 9.17) is 11.6 Å². The number of halogens is 1. The minimum Gasteiger partial charge on any atom is -0.355 e. The Morgan fingerprint density at radius 3 is 2.57 bits per heavy atom. The van der Waals surface area contributed by atoms with Gasteiger partial charge < -0.3 is 10.6 Å². The van der Waals surface area contributed by atoms with Crippen LogP contribution < -0.4 is 10.6 Å². The fraction of sp³-hybridized carbons (Fsp3) is 0.500. The van der Waals surface area contributed by atoms with Gasteiger partial charge in [0.05, 0.1) is 11.4 Å². The van der Waals surface area contributed by atoms with Gasteiger partial charge >= 0.3 is 0 Å². The third-order valence-electron chi connectivity index (χ3n) is 2.77. The number of rotatable bonds is 7. The molecule has 1 rings (SSSR count). The maximum absolute atomic E-state index is 11.7. The monoisotopic (exact) mass is 332 g/mol. The molecule has 0 bridgehead atoms. The van der Waals surface area contributed by atoms with Crippen molar-refractivity contribution in [2.75, 3.05) is 19.3 Å². The molecule has 0 spiro atoms. The van der Waals surface area contributed by atoms with E-state index in [0.717, 1.165) is 6.26 Å². The fourth-order valence-electron chi connectivity index (χ4n) is 1.74. The molecule has 0 heterocycles. The first kappa shape index (κ1) is 17.9. The molecule has 0 aromatic heterocycles. The van der Waals surface area contributed by atoms with Crippen molar-refractivity contribution in [1.29, 1.82) is 0 Å². The summed E-state index contributed by atoms with van der Waals surface area (Å²) in [7, 11) is -3.35. The van der Waals surface area contributed by atoms with Crippen LogP contribution in [0.2, 0.25) is 5.02 Å². The van der Waals surface area contributed by atoms with Crippen molar-refractivity contribution in [3.63, 3.8) is 0 Å². The highest BCUT2D eigenvalue weighted by Gasteiger charge is 2.15. The number of nitrogens with one attached hydrogen (secondary N) is 2. The second kappa shape index (κ2) is 7.77. The summed E-state index contributed by atoms with van der Waals surface area (Å²) in [5.41, 5.74) is 0.485. The van der Waals surface area contributed by atoms with Gasteiger partial charge in [0.1, 0.15) is 0 Å². The zero-order chi connectivity index (χ0) is 16.0. The van der Waals surface area contributed by atoms with E-state index in [1.54, 1.807) is 12.1 Å². The standard InChI is InChI=1S/C14H21ClN2O3S/c1-10(2)7-17-14(18)9-16-8-11-12(15)5-4-6-13(11)21(3,19)20/h4-6,10,16H,7-9H2,1-3H3,(H,17,18). The predicted octanol–water partition coefficient (Wildman–Crippen LogP) is 1.61. The third kappa shape index (κ3) is 6.03. The van der Waals surface area contributed by atoms with Crippen molar-refractivity contribution in [2.24, 2.45) is 5.92 Å². The van der Waals surface area contributed by atoms with Gasteiger partial charge in [-0.1, -0.05) is 31.5 Å². The van der Waals surface area contributed by atoms with Gasteiger partial charge in [0.15, 0.2) is 9.84 Å². The first-order chi connectivity index (χ1) is 9.71. The van der Waals surface area contributed by atoms with E-state index >= 15 is 0 Å². The Morgan fingerprint density at radius 1 is 1.33 bits per heavy atom. The van der Waals surface area contributed by atoms with Crippen molar-refractivity contribution in [3.8, 4) is 0 Å². The average molecular weight is 333 g/mol. The summed E-state index contributed by atoms with van der Waals surface area (Å²) in [6.45, 7) is 4.96. The SMILES string of the molecule is CC(C)CNC(=O)CNCc1c(Cl)cccc1S(C)(=O)=O. The Bertz CT molecular complexity index is 600. The Morgan fingerprint density at radius 2 is 2.00 bits per heavy atom. The van der Waals surface area contributed by atoms with Crippen molar-refractivity contribution >= 4 is 27.3 Å². The summed E-state index contributed by atoms with van der Waals surface area (Å²) < 4.78 is 23.4. The maximum Gasteiger partial charge on any atom is 0.233 e. The summed E-state index contributed by atoms with van der Waals surface area (Å²) in [6.07, 6.45) is 1.14. The number of sulfone groups is 1. The Hall–Kier alpha value is -1.11. The second-order valence-corrected chi connectivity index (χ2v) is 7.68. The molecular weight excluding hydrogens is 312 g/mol. The molecule has 21 heavy (non-hydrogen) atoms. The Labute approximate surface area is 131 Å². The van der Waals surface area contributed by atoms with E-state index < -0.39 is 9.84 Å². The van der Waals surface area contributed by atoms with Crippen LogP contribution in [0.15, 0.2) is 23.1 Å². The fourth-order valence-corrected chi connectivity index (χ4v) is 2.99. The van der Waals surface area contributed by atoms with E-state index in [9.17, 15) is 13.2 Å². The molecule has 0 unspecified atom stereocenters. The molecule has 1 aromatic carbocycles. The lowest BCUT2D eigenvalue weighted by Crippen LogP contribution is -2.35. The highest BCUT2D eigenvalue weighted by atomic mass is 35.5. The van der Waals surface area contributed by atoms with E-state index in [-0.39, 0.29) is 23.9 Å². The number of hydrogen-bond acceptors (Lipinski definition) is 4. The molecule has 0 aliphatic carbocycles. The van der Waals surface area contributed by atoms with Crippen molar-refractivity contribution in [1.82, 2.24) is 10.6 Å². The van der Waals surface area contributed by atoms with Crippen molar-refractivity contribution < 1.29 is 13.2 Å². The van der Waals surface area contributed by atoms with Crippen LogP contribution in [0, 0.1) is 5.92 Å². The van der Waals surface area contributed by atoms with Gasteiger partial charge in [-0.05, 0) is 18.1 Å². The molecule has 5 nitrogen and oxygen atoms in total. The van der Waals surface area contributed by atoms with E-state index in [2.05, 4.69) is 10.6 Å².